The first-order chi connectivity index (χ1) is 27.2. The van der Waals surface area contributed by atoms with Crippen LogP contribution in [0.4, 0.5) is 10.1 Å². The maximum absolute atomic E-state index is 14.3. The third-order valence-electron chi connectivity index (χ3n) is 11.1. The molecule has 1 atom stereocenters. The molecule has 56 heavy (non-hydrogen) atoms. The number of amides is 3. The predicted molar refractivity (Wildman–Crippen MR) is 214 cm³/mol. The highest BCUT2D eigenvalue weighted by Crippen LogP contribution is 2.32. The van der Waals surface area contributed by atoms with E-state index in [0.29, 0.717) is 18.8 Å². The lowest BCUT2D eigenvalue weighted by molar-refractivity contribution is -0.133. The Morgan fingerprint density at radius 1 is 0.875 bits per heavy atom. The molecule has 284 valence electrons. The molecule has 2 fully saturated rings. The second-order valence-corrected chi connectivity index (χ2v) is 15.0. The van der Waals surface area contributed by atoms with Crippen LogP contribution in [0.5, 0.6) is 0 Å². The number of halogens is 1. The van der Waals surface area contributed by atoms with Crippen molar-refractivity contribution in [3.63, 3.8) is 0 Å². The Labute approximate surface area is 325 Å². The molecule has 8 rings (SSSR count). The van der Waals surface area contributed by atoms with Gasteiger partial charge in [-0.3, -0.25) is 24.6 Å². The van der Waals surface area contributed by atoms with Crippen molar-refractivity contribution in [2.75, 3.05) is 18.4 Å². The van der Waals surface area contributed by atoms with Crippen molar-refractivity contribution in [3.05, 3.63) is 143 Å². The van der Waals surface area contributed by atoms with Crippen LogP contribution < -0.4 is 16.0 Å². The number of carbonyl (C=O) groups is 3. The molecule has 0 bridgehead atoms. The Hall–Kier alpha value is -6.20. The largest absolute Gasteiger partial charge is 0.374 e. The number of nitrogens with zero attached hydrogens (tertiary/aromatic N) is 4. The first kappa shape index (κ1) is 36.8. The molecule has 0 radical (unpaired) electrons. The van der Waals surface area contributed by atoms with Gasteiger partial charge in [0.2, 0.25) is 11.8 Å². The van der Waals surface area contributed by atoms with Gasteiger partial charge in [-0.1, -0.05) is 54.6 Å². The molecule has 2 saturated heterocycles. The highest BCUT2D eigenvalue weighted by atomic mass is 19.1. The number of benzene rings is 4. The van der Waals surface area contributed by atoms with Gasteiger partial charge in [-0.05, 0) is 122 Å². The number of nitrogens with one attached hydrogen (secondary N) is 3. The topological polar surface area (TPSA) is 121 Å². The molecule has 11 heteroatoms. The number of carbonyl (C=O) groups excluding carboxylic acids is 3. The van der Waals surface area contributed by atoms with E-state index in [2.05, 4.69) is 79.5 Å². The number of fused-ring (bicyclic) bond motifs is 1. The molecule has 2 aliphatic rings. The number of likely N-dealkylation sites (tertiary alicyclic amines) is 1. The van der Waals surface area contributed by atoms with Crippen LogP contribution in [0.3, 0.4) is 0 Å². The Kier molecular flexibility index (Phi) is 10.4. The molecule has 1 unspecified atom stereocenters. The van der Waals surface area contributed by atoms with E-state index in [1.807, 2.05) is 41.9 Å². The molecule has 2 aromatic heterocycles. The van der Waals surface area contributed by atoms with Crippen molar-refractivity contribution < 1.29 is 18.8 Å². The van der Waals surface area contributed by atoms with Crippen LogP contribution >= 0.6 is 0 Å². The van der Waals surface area contributed by atoms with E-state index in [1.54, 1.807) is 19.3 Å². The molecule has 0 spiro atoms. The molecule has 3 amide bonds. The SMILES string of the molecule is Cc1ccc(C(=O)NCc2ccc(-c3ncnn4cc(-c5ccc(CN6CCC(c7ccc(NC8CCC(=O)NC8=O)cc7)CC6)cc5)cc34)cc2C)c(F)c1. The molecule has 4 aromatic carbocycles. The zero-order valence-electron chi connectivity index (χ0n) is 31.5. The Balaban J connectivity index is 0.864. The van der Waals surface area contributed by atoms with Crippen LogP contribution in [-0.4, -0.2) is 56.4 Å². The van der Waals surface area contributed by atoms with E-state index in [-0.39, 0.29) is 30.0 Å². The molecule has 10 nitrogen and oxygen atoms in total. The van der Waals surface area contributed by atoms with Crippen molar-refractivity contribution in [3.8, 4) is 22.4 Å². The smallest absolute Gasteiger partial charge is 0.254 e. The summed E-state index contributed by atoms with van der Waals surface area (Å²) in [5, 5.41) is 13.0. The maximum atomic E-state index is 14.3. The lowest BCUT2D eigenvalue weighted by Gasteiger charge is -2.32. The van der Waals surface area contributed by atoms with Gasteiger partial charge in [-0.15, -0.1) is 0 Å². The highest BCUT2D eigenvalue weighted by molar-refractivity contribution is 6.01. The quantitative estimate of drug-likeness (QED) is 0.125. The molecule has 3 N–H and O–H groups in total. The zero-order chi connectivity index (χ0) is 38.8. The van der Waals surface area contributed by atoms with Gasteiger partial charge in [0, 0.05) is 42.5 Å². The summed E-state index contributed by atoms with van der Waals surface area (Å²) in [5.74, 6) is -0.933. The lowest BCUT2D eigenvalue weighted by Crippen LogP contribution is -2.47. The summed E-state index contributed by atoms with van der Waals surface area (Å²) in [7, 11) is 0. The maximum Gasteiger partial charge on any atom is 0.254 e. The average Bonchev–Trinajstić information content (AvgIpc) is 3.64. The summed E-state index contributed by atoms with van der Waals surface area (Å²) in [5.41, 5.74) is 11.0. The summed E-state index contributed by atoms with van der Waals surface area (Å²) in [4.78, 5) is 43.4. The molecule has 0 saturated carbocycles. The first-order valence-corrected chi connectivity index (χ1v) is 19.2. The molecular formula is C45H44FN7O3. The molecular weight excluding hydrogens is 706 g/mol. The number of hydrogen-bond donors (Lipinski definition) is 3. The fraction of sp³-hybridized carbons (Fsp3) is 0.267. The molecule has 4 heterocycles. The van der Waals surface area contributed by atoms with Crippen LogP contribution in [-0.2, 0) is 22.7 Å². The number of hydrogen-bond acceptors (Lipinski definition) is 7. The zero-order valence-corrected chi connectivity index (χ0v) is 31.5. The van der Waals surface area contributed by atoms with Crippen molar-refractivity contribution >= 4 is 28.9 Å². The average molecular weight is 750 g/mol. The Morgan fingerprint density at radius 2 is 1.64 bits per heavy atom. The van der Waals surface area contributed by atoms with Gasteiger partial charge in [0.15, 0.2) is 0 Å². The van der Waals surface area contributed by atoms with E-state index in [0.717, 1.165) is 82.8 Å². The molecule has 0 aliphatic carbocycles. The minimum absolute atomic E-state index is 0.0346. The third-order valence-corrected chi connectivity index (χ3v) is 11.1. The monoisotopic (exact) mass is 749 g/mol. The predicted octanol–water partition coefficient (Wildman–Crippen LogP) is 7.35. The molecule has 6 aromatic rings. The van der Waals surface area contributed by atoms with Gasteiger partial charge >= 0.3 is 0 Å². The normalized spacial score (nSPS) is 16.5. The number of anilines is 1. The van der Waals surface area contributed by atoms with Crippen molar-refractivity contribution in [2.45, 2.75) is 64.6 Å². The van der Waals surface area contributed by atoms with Crippen LogP contribution in [0.25, 0.3) is 27.9 Å². The van der Waals surface area contributed by atoms with Crippen LogP contribution in [0.1, 0.15) is 69.8 Å². The number of aromatic nitrogens is 3. The van der Waals surface area contributed by atoms with Gasteiger partial charge in [0.25, 0.3) is 5.91 Å². The van der Waals surface area contributed by atoms with Crippen molar-refractivity contribution in [1.82, 2.24) is 30.1 Å². The summed E-state index contributed by atoms with van der Waals surface area (Å²) in [6.45, 7) is 7.02. The van der Waals surface area contributed by atoms with E-state index >= 15 is 0 Å². The van der Waals surface area contributed by atoms with Gasteiger partial charge < -0.3 is 10.6 Å². The Bertz CT molecular complexity index is 2420. The standard InChI is InChI=1S/C45H44FN7O3/c1-28-3-14-38(39(46)21-28)44(55)47-24-35-9-8-34(22-29(35)2)43-41-23-36(26-53(41)49-27-48-43)32-6-4-30(5-7-32)25-52-19-17-33(18-20-52)31-10-12-37(13-11-31)50-40-15-16-42(54)51-45(40)56/h3-14,21-23,26-27,33,40,50H,15-20,24-25H2,1-2H3,(H,47,55)(H,51,54,56). The van der Waals surface area contributed by atoms with Crippen LogP contribution in [0, 0.1) is 19.7 Å². The Morgan fingerprint density at radius 3 is 2.38 bits per heavy atom. The summed E-state index contributed by atoms with van der Waals surface area (Å²) >= 11 is 0. The fourth-order valence-corrected chi connectivity index (χ4v) is 7.80. The second kappa shape index (κ2) is 15.9. The van der Waals surface area contributed by atoms with Crippen molar-refractivity contribution in [2.24, 2.45) is 0 Å². The summed E-state index contributed by atoms with van der Waals surface area (Å²) < 4.78 is 16.2. The number of rotatable bonds is 10. The van der Waals surface area contributed by atoms with Gasteiger partial charge in [0.05, 0.1) is 16.8 Å². The minimum atomic E-state index is -0.526. The highest BCUT2D eigenvalue weighted by Gasteiger charge is 2.27. The molecule has 2 aliphatic heterocycles. The van der Waals surface area contributed by atoms with Crippen molar-refractivity contribution in [1.29, 1.82) is 0 Å². The van der Waals surface area contributed by atoms with Gasteiger partial charge in [-0.2, -0.15) is 5.10 Å². The fourth-order valence-electron chi connectivity index (χ4n) is 7.80. The van der Waals surface area contributed by atoms with Crippen LogP contribution in [0.15, 0.2) is 104 Å². The minimum Gasteiger partial charge on any atom is -0.374 e. The van der Waals surface area contributed by atoms with Gasteiger partial charge in [-0.25, -0.2) is 13.9 Å². The van der Waals surface area contributed by atoms with Crippen LogP contribution in [0.2, 0.25) is 0 Å². The first-order valence-electron chi connectivity index (χ1n) is 19.2. The number of piperidine rings is 2. The van der Waals surface area contributed by atoms with E-state index in [4.69, 9.17) is 0 Å². The van der Waals surface area contributed by atoms with Gasteiger partial charge in [0.1, 0.15) is 18.2 Å². The van der Waals surface area contributed by atoms with E-state index < -0.39 is 11.7 Å². The van der Waals surface area contributed by atoms with E-state index in [9.17, 15) is 18.8 Å². The summed E-state index contributed by atoms with van der Waals surface area (Å²) in [6, 6.07) is 29.5. The second-order valence-electron chi connectivity index (χ2n) is 15.0. The third kappa shape index (κ3) is 8.08. The lowest BCUT2D eigenvalue weighted by atomic mass is 9.89. The van der Waals surface area contributed by atoms with E-state index in [1.165, 1.54) is 23.3 Å². The number of imide groups is 1. The number of aryl methyl sites for hydroxylation is 2. The summed E-state index contributed by atoms with van der Waals surface area (Å²) in [6.07, 6.45) is 6.64.